The third kappa shape index (κ3) is 4.57. The molecule has 0 aliphatic heterocycles. The molecular weight excluding hydrogens is 447 g/mol. The molecule has 0 fully saturated rings. The third-order valence-corrected chi connectivity index (χ3v) is 5.17. The van der Waals surface area contributed by atoms with Crippen LogP contribution in [0.3, 0.4) is 0 Å². The van der Waals surface area contributed by atoms with Crippen molar-refractivity contribution in [1.82, 2.24) is 9.55 Å². The first-order chi connectivity index (χ1) is 12.5. The second kappa shape index (κ2) is 7.10. The second-order valence-corrected chi connectivity index (χ2v) is 8.25. The number of nitrogens with two attached hydrogens (primary N) is 1. The molecule has 27 heavy (non-hydrogen) atoms. The summed E-state index contributed by atoms with van der Waals surface area (Å²) in [6.07, 6.45) is -3.67. The Morgan fingerprint density at radius 1 is 1.11 bits per heavy atom. The quantitative estimate of drug-likeness (QED) is 0.639. The standard InChI is InChI=1S/C17H13BrF3N3O2S/c18-13-3-1-2-11(8-13)9-24-10-15(17(19,20)21)23-16(24)12-4-6-14(7-5-12)27(22,25)26/h1-8,10H,9H2,(H2,22,25,26). The largest absolute Gasteiger partial charge is 0.434 e. The average molecular weight is 460 g/mol. The van der Waals surface area contributed by atoms with Crippen molar-refractivity contribution >= 4 is 26.0 Å². The van der Waals surface area contributed by atoms with Gasteiger partial charge in [0.05, 0.1) is 4.90 Å². The molecular formula is C17H13BrF3N3O2S. The highest BCUT2D eigenvalue weighted by Gasteiger charge is 2.35. The van der Waals surface area contributed by atoms with E-state index in [2.05, 4.69) is 20.9 Å². The first-order valence-corrected chi connectivity index (χ1v) is 9.90. The van der Waals surface area contributed by atoms with Crippen molar-refractivity contribution in [2.75, 3.05) is 0 Å². The Labute approximate surface area is 161 Å². The molecule has 0 atom stereocenters. The second-order valence-electron chi connectivity index (χ2n) is 5.77. The predicted octanol–water partition coefficient (Wildman–Crippen LogP) is 4.03. The fraction of sp³-hybridized carbons (Fsp3) is 0.118. The predicted molar refractivity (Wildman–Crippen MR) is 97.3 cm³/mol. The van der Waals surface area contributed by atoms with E-state index in [0.29, 0.717) is 5.56 Å². The Hall–Kier alpha value is -2.17. The summed E-state index contributed by atoms with van der Waals surface area (Å²) in [6, 6.07) is 12.4. The number of sulfonamides is 1. The minimum Gasteiger partial charge on any atom is -0.326 e. The smallest absolute Gasteiger partial charge is 0.326 e. The van der Waals surface area contributed by atoms with Crippen molar-refractivity contribution in [3.8, 4) is 11.4 Å². The van der Waals surface area contributed by atoms with Gasteiger partial charge in [-0.15, -0.1) is 0 Å². The van der Waals surface area contributed by atoms with Gasteiger partial charge >= 0.3 is 6.18 Å². The number of alkyl halides is 3. The van der Waals surface area contributed by atoms with Crippen LogP contribution in [-0.4, -0.2) is 18.0 Å². The zero-order chi connectivity index (χ0) is 19.8. The van der Waals surface area contributed by atoms with Crippen LogP contribution in [0.15, 0.2) is 64.1 Å². The van der Waals surface area contributed by atoms with Crippen LogP contribution in [0.1, 0.15) is 11.3 Å². The van der Waals surface area contributed by atoms with Crippen LogP contribution in [0.2, 0.25) is 0 Å². The van der Waals surface area contributed by atoms with Crippen LogP contribution in [0.5, 0.6) is 0 Å². The number of rotatable bonds is 4. The Morgan fingerprint density at radius 3 is 2.33 bits per heavy atom. The lowest BCUT2D eigenvalue weighted by atomic mass is 10.2. The fourth-order valence-electron chi connectivity index (χ4n) is 2.53. The van der Waals surface area contributed by atoms with E-state index in [1.807, 2.05) is 6.07 Å². The van der Waals surface area contributed by atoms with Crippen molar-refractivity contribution in [2.45, 2.75) is 17.6 Å². The molecule has 0 saturated heterocycles. The molecule has 5 nitrogen and oxygen atoms in total. The number of nitrogens with zero attached hydrogens (tertiary/aromatic N) is 2. The van der Waals surface area contributed by atoms with Crippen molar-refractivity contribution in [2.24, 2.45) is 5.14 Å². The molecule has 3 rings (SSSR count). The molecule has 1 aromatic heterocycles. The van der Waals surface area contributed by atoms with Crippen molar-refractivity contribution in [1.29, 1.82) is 0 Å². The molecule has 0 aliphatic rings. The van der Waals surface area contributed by atoms with Gasteiger partial charge in [-0.1, -0.05) is 28.1 Å². The number of primary sulfonamides is 1. The lowest BCUT2D eigenvalue weighted by Gasteiger charge is -2.09. The summed E-state index contributed by atoms with van der Waals surface area (Å²) in [5.74, 6) is 0.0725. The van der Waals surface area contributed by atoms with Gasteiger partial charge in [0.1, 0.15) is 5.82 Å². The van der Waals surface area contributed by atoms with Gasteiger partial charge in [0.2, 0.25) is 10.0 Å². The molecule has 0 aliphatic carbocycles. The number of benzene rings is 2. The average Bonchev–Trinajstić information content (AvgIpc) is 2.98. The molecule has 0 spiro atoms. The van der Waals surface area contributed by atoms with E-state index in [1.54, 1.807) is 18.2 Å². The van der Waals surface area contributed by atoms with Crippen LogP contribution in [0, 0.1) is 0 Å². The molecule has 142 valence electrons. The van der Waals surface area contributed by atoms with E-state index in [1.165, 1.54) is 28.8 Å². The summed E-state index contributed by atoms with van der Waals surface area (Å²) in [7, 11) is -3.90. The van der Waals surface area contributed by atoms with Gasteiger partial charge in [0, 0.05) is 22.8 Å². The summed E-state index contributed by atoms with van der Waals surface area (Å²) in [5.41, 5.74) is 0.0915. The Balaban J connectivity index is 2.06. The lowest BCUT2D eigenvalue weighted by molar-refractivity contribution is -0.140. The molecule has 0 saturated carbocycles. The summed E-state index contributed by atoms with van der Waals surface area (Å²) in [4.78, 5) is 3.58. The van der Waals surface area contributed by atoms with Crippen molar-refractivity contribution < 1.29 is 21.6 Å². The normalized spacial score (nSPS) is 12.3. The molecule has 2 aromatic carbocycles. The van der Waals surface area contributed by atoms with Crippen LogP contribution in [0.25, 0.3) is 11.4 Å². The molecule has 2 N–H and O–H groups in total. The minimum absolute atomic E-state index is 0.0725. The maximum absolute atomic E-state index is 13.1. The van der Waals surface area contributed by atoms with Crippen LogP contribution in [0.4, 0.5) is 13.2 Å². The van der Waals surface area contributed by atoms with Gasteiger partial charge < -0.3 is 4.57 Å². The minimum atomic E-state index is -4.60. The number of hydrogen-bond acceptors (Lipinski definition) is 3. The number of imidazole rings is 1. The Morgan fingerprint density at radius 2 is 1.78 bits per heavy atom. The topological polar surface area (TPSA) is 78.0 Å². The van der Waals surface area contributed by atoms with Crippen LogP contribution in [-0.2, 0) is 22.7 Å². The zero-order valence-corrected chi connectivity index (χ0v) is 16.0. The van der Waals surface area contributed by atoms with E-state index < -0.39 is 21.9 Å². The molecule has 0 unspecified atom stereocenters. The van der Waals surface area contributed by atoms with Crippen molar-refractivity contribution in [3.63, 3.8) is 0 Å². The van der Waals surface area contributed by atoms with Gasteiger partial charge in [-0.05, 0) is 42.0 Å². The van der Waals surface area contributed by atoms with Crippen LogP contribution < -0.4 is 5.14 Å². The molecule has 3 aromatic rings. The maximum Gasteiger partial charge on any atom is 0.434 e. The summed E-state index contributed by atoms with van der Waals surface area (Å²) >= 11 is 3.33. The van der Waals surface area contributed by atoms with Gasteiger partial charge in [-0.3, -0.25) is 0 Å². The fourth-order valence-corrected chi connectivity index (χ4v) is 3.49. The van der Waals surface area contributed by atoms with Gasteiger partial charge in [0.15, 0.2) is 5.69 Å². The number of halogens is 4. The first-order valence-electron chi connectivity index (χ1n) is 7.56. The monoisotopic (exact) mass is 459 g/mol. The SMILES string of the molecule is NS(=O)(=O)c1ccc(-c2nc(C(F)(F)F)cn2Cc2cccc(Br)c2)cc1. The van der Waals surface area contributed by atoms with E-state index in [-0.39, 0.29) is 17.3 Å². The zero-order valence-electron chi connectivity index (χ0n) is 13.6. The molecule has 10 heteroatoms. The Bertz CT molecular complexity index is 1080. The number of hydrogen-bond donors (Lipinski definition) is 1. The van der Waals surface area contributed by atoms with Gasteiger partial charge in [0.25, 0.3) is 0 Å². The highest BCUT2D eigenvalue weighted by atomic mass is 79.9. The van der Waals surface area contributed by atoms with Gasteiger partial charge in [-0.25, -0.2) is 18.5 Å². The molecule has 0 bridgehead atoms. The molecule has 0 amide bonds. The summed E-state index contributed by atoms with van der Waals surface area (Å²) in [5, 5.41) is 5.05. The van der Waals surface area contributed by atoms with Crippen molar-refractivity contribution in [3.05, 3.63) is 70.5 Å². The summed E-state index contributed by atoms with van der Waals surface area (Å²) < 4.78 is 64.3. The van der Waals surface area contributed by atoms with E-state index in [9.17, 15) is 21.6 Å². The highest BCUT2D eigenvalue weighted by molar-refractivity contribution is 9.10. The number of aromatic nitrogens is 2. The van der Waals surface area contributed by atoms with Crippen LogP contribution >= 0.6 is 15.9 Å². The first kappa shape index (κ1) is 19.6. The molecule has 1 heterocycles. The van der Waals surface area contributed by atoms with Gasteiger partial charge in [-0.2, -0.15) is 13.2 Å². The van der Waals surface area contributed by atoms with E-state index >= 15 is 0 Å². The third-order valence-electron chi connectivity index (χ3n) is 3.75. The van der Waals surface area contributed by atoms with E-state index in [0.717, 1.165) is 16.2 Å². The highest BCUT2D eigenvalue weighted by Crippen LogP contribution is 2.31. The Kier molecular flexibility index (Phi) is 5.15. The maximum atomic E-state index is 13.1. The lowest BCUT2D eigenvalue weighted by Crippen LogP contribution is -2.11. The summed E-state index contributed by atoms with van der Waals surface area (Å²) in [6.45, 7) is 0.162. The van der Waals surface area contributed by atoms with E-state index in [4.69, 9.17) is 5.14 Å². The molecule has 0 radical (unpaired) electrons.